The Hall–Kier alpha value is -2.80. The van der Waals surface area contributed by atoms with Crippen LogP contribution in [-0.2, 0) is 4.79 Å². The van der Waals surface area contributed by atoms with Crippen LogP contribution >= 0.6 is 11.8 Å². The third kappa shape index (κ3) is 3.75. The zero-order chi connectivity index (χ0) is 19.5. The summed E-state index contributed by atoms with van der Waals surface area (Å²) < 4.78 is 1.47. The van der Waals surface area contributed by atoms with Crippen LogP contribution in [-0.4, -0.2) is 38.8 Å². The predicted octanol–water partition coefficient (Wildman–Crippen LogP) is 3.42. The zero-order valence-corrected chi connectivity index (χ0v) is 16.6. The number of rotatable bonds is 5. The van der Waals surface area contributed by atoms with Gasteiger partial charge in [-0.15, -0.1) is 10.2 Å². The minimum absolute atomic E-state index is 0.105. The normalized spacial score (nSPS) is 15.0. The van der Waals surface area contributed by atoms with Crippen LogP contribution < -0.4 is 5.84 Å². The fourth-order valence-electron chi connectivity index (χ4n) is 3.35. The Kier molecular flexibility index (Phi) is 5.34. The second-order valence-electron chi connectivity index (χ2n) is 6.98. The highest BCUT2D eigenvalue weighted by Crippen LogP contribution is 2.37. The van der Waals surface area contributed by atoms with E-state index in [1.165, 1.54) is 22.0 Å². The van der Waals surface area contributed by atoms with E-state index < -0.39 is 5.25 Å². The highest BCUT2D eigenvalue weighted by Gasteiger charge is 2.30. The number of hydrogen-bond acceptors (Lipinski definition) is 5. The van der Waals surface area contributed by atoms with Gasteiger partial charge in [-0.05, 0) is 25.3 Å². The summed E-state index contributed by atoms with van der Waals surface area (Å²) in [6.45, 7) is 3.66. The second-order valence-corrected chi connectivity index (χ2v) is 8.06. The van der Waals surface area contributed by atoms with Gasteiger partial charge in [-0.25, -0.2) is 4.68 Å². The van der Waals surface area contributed by atoms with Crippen LogP contribution in [0.5, 0.6) is 0 Å². The molecule has 3 aromatic rings. The summed E-state index contributed by atoms with van der Waals surface area (Å²) in [5.74, 6) is 6.99. The number of carbonyl (C=O) groups excluding carboxylic acids is 1. The van der Waals surface area contributed by atoms with Crippen LogP contribution in [0.25, 0.3) is 11.4 Å². The lowest BCUT2D eigenvalue weighted by Crippen LogP contribution is -2.31. The van der Waals surface area contributed by atoms with Crippen molar-refractivity contribution in [2.45, 2.75) is 30.2 Å². The molecule has 1 saturated heterocycles. The van der Waals surface area contributed by atoms with Gasteiger partial charge in [0.05, 0.1) is 0 Å². The molecule has 0 unspecified atom stereocenters. The summed E-state index contributed by atoms with van der Waals surface area (Å²) in [5.41, 5.74) is 3.01. The van der Waals surface area contributed by atoms with Crippen LogP contribution in [0, 0.1) is 6.92 Å². The van der Waals surface area contributed by atoms with Crippen molar-refractivity contribution in [1.29, 1.82) is 0 Å². The average Bonchev–Trinajstić information content (AvgIpc) is 3.38. The largest absolute Gasteiger partial charge is 0.341 e. The Morgan fingerprint density at radius 3 is 2.39 bits per heavy atom. The SMILES string of the molecule is Cc1ccc(-c2nnc(S[C@H](C(=O)N3CCCC3)c3ccccc3)n2N)cc1. The Morgan fingerprint density at radius 2 is 1.71 bits per heavy atom. The summed E-state index contributed by atoms with van der Waals surface area (Å²) in [6, 6.07) is 17.8. The topological polar surface area (TPSA) is 77.0 Å². The number of likely N-dealkylation sites (tertiary alicyclic amines) is 1. The van der Waals surface area contributed by atoms with Crippen molar-refractivity contribution in [1.82, 2.24) is 19.8 Å². The Balaban J connectivity index is 1.63. The number of benzene rings is 2. The third-order valence-corrected chi connectivity index (χ3v) is 6.14. The molecular weight excluding hydrogens is 370 g/mol. The quantitative estimate of drug-likeness (QED) is 0.531. The maximum absolute atomic E-state index is 13.2. The van der Waals surface area contributed by atoms with E-state index in [4.69, 9.17) is 5.84 Å². The summed E-state index contributed by atoms with van der Waals surface area (Å²) in [4.78, 5) is 15.1. The number of aromatic nitrogens is 3. The Bertz CT molecular complexity index is 949. The maximum atomic E-state index is 13.2. The van der Waals surface area contributed by atoms with Crippen molar-refractivity contribution in [2.75, 3.05) is 18.9 Å². The molecule has 144 valence electrons. The molecule has 6 nitrogen and oxygen atoms in total. The zero-order valence-electron chi connectivity index (χ0n) is 15.8. The highest BCUT2D eigenvalue weighted by molar-refractivity contribution is 8.00. The molecule has 2 heterocycles. The van der Waals surface area contributed by atoms with Gasteiger partial charge in [0.25, 0.3) is 0 Å². The van der Waals surface area contributed by atoms with E-state index >= 15 is 0 Å². The fraction of sp³-hybridized carbons (Fsp3) is 0.286. The maximum Gasteiger partial charge on any atom is 0.240 e. The van der Waals surface area contributed by atoms with Crippen molar-refractivity contribution in [3.8, 4) is 11.4 Å². The molecule has 0 saturated carbocycles. The highest BCUT2D eigenvalue weighted by atomic mass is 32.2. The molecule has 4 rings (SSSR count). The monoisotopic (exact) mass is 393 g/mol. The van der Waals surface area contributed by atoms with Gasteiger partial charge in [0.1, 0.15) is 5.25 Å². The molecule has 2 aromatic carbocycles. The van der Waals surface area contributed by atoms with Crippen LogP contribution in [0.2, 0.25) is 0 Å². The van der Waals surface area contributed by atoms with Gasteiger partial charge in [-0.2, -0.15) is 0 Å². The van der Waals surface area contributed by atoms with Crippen molar-refractivity contribution in [3.05, 3.63) is 65.7 Å². The molecule has 1 atom stereocenters. The van der Waals surface area contributed by atoms with Crippen molar-refractivity contribution >= 4 is 17.7 Å². The van der Waals surface area contributed by atoms with Gasteiger partial charge in [-0.1, -0.05) is 71.9 Å². The van der Waals surface area contributed by atoms with Crippen LogP contribution in [0.15, 0.2) is 59.8 Å². The van der Waals surface area contributed by atoms with Gasteiger partial charge < -0.3 is 10.7 Å². The Labute approximate surface area is 168 Å². The first-order chi connectivity index (χ1) is 13.6. The van der Waals surface area contributed by atoms with E-state index in [0.717, 1.165) is 37.1 Å². The van der Waals surface area contributed by atoms with Crippen LogP contribution in [0.1, 0.15) is 29.2 Å². The van der Waals surface area contributed by atoms with E-state index in [2.05, 4.69) is 10.2 Å². The minimum atomic E-state index is -0.392. The molecule has 2 N–H and O–H groups in total. The van der Waals surface area contributed by atoms with E-state index in [0.29, 0.717) is 11.0 Å². The van der Waals surface area contributed by atoms with E-state index in [1.54, 1.807) is 0 Å². The number of hydrogen-bond donors (Lipinski definition) is 1. The predicted molar refractivity (Wildman–Crippen MR) is 111 cm³/mol. The molecule has 1 fully saturated rings. The van der Waals surface area contributed by atoms with Gasteiger partial charge >= 0.3 is 0 Å². The molecule has 0 spiro atoms. The van der Waals surface area contributed by atoms with Crippen LogP contribution in [0.3, 0.4) is 0 Å². The lowest BCUT2D eigenvalue weighted by Gasteiger charge is -2.22. The number of amides is 1. The first-order valence-electron chi connectivity index (χ1n) is 9.41. The van der Waals surface area contributed by atoms with Gasteiger partial charge in [0.2, 0.25) is 11.1 Å². The lowest BCUT2D eigenvalue weighted by atomic mass is 10.1. The first kappa shape index (κ1) is 18.6. The molecule has 0 bridgehead atoms. The van der Waals surface area contributed by atoms with Crippen molar-refractivity contribution in [3.63, 3.8) is 0 Å². The minimum Gasteiger partial charge on any atom is -0.341 e. The molecule has 1 aliphatic rings. The molecular formula is C21H23N5OS. The molecule has 0 aliphatic carbocycles. The Morgan fingerprint density at radius 1 is 1.04 bits per heavy atom. The molecule has 7 heteroatoms. The van der Waals surface area contributed by atoms with Gasteiger partial charge in [0, 0.05) is 18.7 Å². The molecule has 1 aliphatic heterocycles. The second kappa shape index (κ2) is 8.06. The number of nitrogens with zero attached hydrogens (tertiary/aromatic N) is 4. The molecule has 1 amide bonds. The standard InChI is InChI=1S/C21H23N5OS/c1-15-9-11-17(12-10-15)19-23-24-21(26(19)22)28-18(16-7-3-2-4-8-16)20(27)25-13-5-6-14-25/h2-4,7-12,18H,5-6,13-14,22H2,1H3/t18-/m0/s1. The fourth-order valence-corrected chi connectivity index (χ4v) is 4.40. The summed E-state index contributed by atoms with van der Waals surface area (Å²) >= 11 is 1.36. The number of thioether (sulfide) groups is 1. The van der Waals surface area contributed by atoms with E-state index in [-0.39, 0.29) is 5.91 Å². The van der Waals surface area contributed by atoms with E-state index in [9.17, 15) is 4.79 Å². The number of aryl methyl sites for hydroxylation is 1. The van der Waals surface area contributed by atoms with Gasteiger partial charge in [0.15, 0.2) is 5.82 Å². The number of nitrogens with two attached hydrogens (primary N) is 1. The lowest BCUT2D eigenvalue weighted by molar-refractivity contribution is -0.129. The molecule has 1 aromatic heterocycles. The van der Waals surface area contributed by atoms with Crippen molar-refractivity contribution < 1.29 is 4.79 Å². The summed E-state index contributed by atoms with van der Waals surface area (Å²) in [7, 11) is 0. The number of carbonyl (C=O) groups is 1. The molecule has 0 radical (unpaired) electrons. The van der Waals surface area contributed by atoms with Crippen molar-refractivity contribution in [2.24, 2.45) is 0 Å². The van der Waals surface area contributed by atoms with Gasteiger partial charge in [-0.3, -0.25) is 4.79 Å². The smallest absolute Gasteiger partial charge is 0.240 e. The molecule has 28 heavy (non-hydrogen) atoms. The number of nitrogen functional groups attached to an aromatic ring is 1. The first-order valence-corrected chi connectivity index (χ1v) is 10.3. The third-order valence-electron chi connectivity index (χ3n) is 4.94. The van der Waals surface area contributed by atoms with Crippen LogP contribution in [0.4, 0.5) is 0 Å². The summed E-state index contributed by atoms with van der Waals surface area (Å²) in [6.07, 6.45) is 2.12. The van der Waals surface area contributed by atoms with E-state index in [1.807, 2.05) is 66.4 Å². The average molecular weight is 394 g/mol. The summed E-state index contributed by atoms with van der Waals surface area (Å²) in [5, 5.41) is 8.66.